The van der Waals surface area contributed by atoms with Crippen LogP contribution in [-0.4, -0.2) is 24.9 Å². The molecule has 1 aliphatic rings. The number of anilines is 1. The first-order valence-electron chi connectivity index (χ1n) is 6.84. The van der Waals surface area contributed by atoms with Gasteiger partial charge >= 0.3 is 5.51 Å². The third-order valence-electron chi connectivity index (χ3n) is 3.80. The fourth-order valence-corrected chi connectivity index (χ4v) is 3.35. The topological polar surface area (TPSA) is 113 Å². The van der Waals surface area contributed by atoms with Gasteiger partial charge in [-0.05, 0) is 31.4 Å². The Bertz CT molecular complexity index is 802. The second-order valence-corrected chi connectivity index (χ2v) is 7.24. The summed E-state index contributed by atoms with van der Waals surface area (Å²) >= 11 is 0. The number of nitrogens with zero attached hydrogens (tertiary/aromatic N) is 2. The molecule has 7 nitrogen and oxygen atoms in total. The summed E-state index contributed by atoms with van der Waals surface area (Å²) in [4.78, 5) is 8.94. The minimum atomic E-state index is -5.68. The van der Waals surface area contributed by atoms with Gasteiger partial charge in [0.25, 0.3) is 15.5 Å². The van der Waals surface area contributed by atoms with Gasteiger partial charge in [0.1, 0.15) is 5.69 Å². The Hall–Kier alpha value is -2.35. The maximum Gasteiger partial charge on any atom is 0.501 e. The van der Waals surface area contributed by atoms with Gasteiger partial charge in [-0.1, -0.05) is 0 Å². The Labute approximate surface area is 135 Å². The predicted octanol–water partition coefficient (Wildman–Crippen LogP) is 2.99. The van der Waals surface area contributed by atoms with Crippen LogP contribution in [0.15, 0.2) is 23.1 Å². The van der Waals surface area contributed by atoms with Crippen molar-refractivity contribution in [2.75, 3.05) is 5.32 Å². The standard InChI is InChI=1S/C13H12F3N3O4S/c14-13(15,16)24(22,23)9-4-5-11(12(6-9)19(20)21)18-10-3-1-2-8(10)7-17/h4-6,8,10,18H,1-3H2/t8-,10+/m0/s1. The number of halogens is 3. The first-order valence-corrected chi connectivity index (χ1v) is 8.32. The van der Waals surface area contributed by atoms with E-state index in [1.54, 1.807) is 0 Å². The molecule has 0 heterocycles. The van der Waals surface area contributed by atoms with E-state index in [2.05, 4.69) is 11.4 Å². The molecule has 1 fully saturated rings. The van der Waals surface area contributed by atoms with Crippen LogP contribution in [-0.2, 0) is 9.84 Å². The van der Waals surface area contributed by atoms with Gasteiger partial charge in [0.05, 0.1) is 21.8 Å². The highest BCUT2D eigenvalue weighted by molar-refractivity contribution is 7.92. The first-order chi connectivity index (χ1) is 11.1. The summed E-state index contributed by atoms with van der Waals surface area (Å²) in [6.45, 7) is 0. The molecule has 1 saturated carbocycles. The highest BCUT2D eigenvalue weighted by atomic mass is 32.2. The number of nitrogens with one attached hydrogen (secondary N) is 1. The third kappa shape index (κ3) is 3.28. The highest BCUT2D eigenvalue weighted by Gasteiger charge is 2.47. The smallest absolute Gasteiger partial charge is 0.375 e. The number of nitro benzene ring substituents is 1. The largest absolute Gasteiger partial charge is 0.501 e. The van der Waals surface area contributed by atoms with Crippen LogP contribution in [0.1, 0.15) is 19.3 Å². The van der Waals surface area contributed by atoms with Crippen LogP contribution < -0.4 is 5.32 Å². The van der Waals surface area contributed by atoms with Gasteiger partial charge in [-0.25, -0.2) is 8.42 Å². The summed E-state index contributed by atoms with van der Waals surface area (Å²) < 4.78 is 60.4. The molecule has 1 N–H and O–H groups in total. The molecule has 1 aliphatic carbocycles. The third-order valence-corrected chi connectivity index (χ3v) is 5.29. The average molecular weight is 363 g/mol. The van der Waals surface area contributed by atoms with Crippen molar-refractivity contribution in [1.82, 2.24) is 0 Å². The van der Waals surface area contributed by atoms with Crippen LogP contribution in [0.3, 0.4) is 0 Å². The van der Waals surface area contributed by atoms with Gasteiger partial charge in [-0.3, -0.25) is 10.1 Å². The van der Waals surface area contributed by atoms with Crippen LogP contribution in [0.2, 0.25) is 0 Å². The lowest BCUT2D eigenvalue weighted by Gasteiger charge is -2.17. The molecule has 0 aromatic heterocycles. The summed E-state index contributed by atoms with van der Waals surface area (Å²) in [5.41, 5.74) is -6.45. The number of sulfone groups is 1. The van der Waals surface area contributed by atoms with E-state index in [4.69, 9.17) is 5.26 Å². The van der Waals surface area contributed by atoms with Crippen molar-refractivity contribution in [3.63, 3.8) is 0 Å². The number of nitro groups is 1. The number of hydrogen-bond donors (Lipinski definition) is 1. The Morgan fingerprint density at radius 2 is 2.00 bits per heavy atom. The van der Waals surface area contributed by atoms with Crippen molar-refractivity contribution in [1.29, 1.82) is 5.26 Å². The number of nitriles is 1. The maximum atomic E-state index is 12.6. The van der Waals surface area contributed by atoms with Crippen LogP contribution in [0.25, 0.3) is 0 Å². The van der Waals surface area contributed by atoms with E-state index in [0.717, 1.165) is 12.5 Å². The molecule has 24 heavy (non-hydrogen) atoms. The quantitative estimate of drug-likeness (QED) is 0.650. The minimum Gasteiger partial charge on any atom is -0.375 e. The van der Waals surface area contributed by atoms with Gasteiger partial charge < -0.3 is 5.32 Å². The number of alkyl halides is 3. The fourth-order valence-electron chi connectivity index (χ4n) is 2.57. The van der Waals surface area contributed by atoms with Gasteiger partial charge in [0.15, 0.2) is 0 Å². The van der Waals surface area contributed by atoms with Gasteiger partial charge in [-0.2, -0.15) is 18.4 Å². The Morgan fingerprint density at radius 1 is 1.33 bits per heavy atom. The highest BCUT2D eigenvalue weighted by Crippen LogP contribution is 2.36. The van der Waals surface area contributed by atoms with Gasteiger partial charge in [-0.15, -0.1) is 0 Å². The minimum absolute atomic E-state index is 0.117. The van der Waals surface area contributed by atoms with E-state index in [1.165, 1.54) is 0 Å². The van der Waals surface area contributed by atoms with E-state index in [-0.39, 0.29) is 17.6 Å². The summed E-state index contributed by atoms with van der Waals surface area (Å²) in [6, 6.07) is 3.64. The van der Waals surface area contributed by atoms with Crippen LogP contribution >= 0.6 is 0 Å². The van der Waals surface area contributed by atoms with Crippen molar-refractivity contribution in [3.8, 4) is 6.07 Å². The second-order valence-electron chi connectivity index (χ2n) is 5.30. The molecular weight excluding hydrogens is 351 g/mol. The normalized spacial score (nSPS) is 21.2. The molecule has 1 aromatic rings. The van der Waals surface area contributed by atoms with Gasteiger partial charge in [0.2, 0.25) is 0 Å². The first kappa shape index (κ1) is 18.0. The van der Waals surface area contributed by atoms with Crippen molar-refractivity contribution in [3.05, 3.63) is 28.3 Å². The number of benzene rings is 1. The molecule has 0 saturated heterocycles. The van der Waals surface area contributed by atoms with Crippen LogP contribution in [0.4, 0.5) is 24.5 Å². The zero-order chi connectivity index (χ0) is 18.1. The molecule has 130 valence electrons. The molecule has 0 unspecified atom stereocenters. The molecule has 0 amide bonds. The summed E-state index contributed by atoms with van der Waals surface area (Å²) in [6.07, 6.45) is 1.94. The van der Waals surface area contributed by atoms with Crippen LogP contribution in [0.5, 0.6) is 0 Å². The maximum absolute atomic E-state index is 12.6. The van der Waals surface area contributed by atoms with E-state index in [1.807, 2.05) is 0 Å². The molecule has 11 heteroatoms. The van der Waals surface area contributed by atoms with Crippen LogP contribution in [0, 0.1) is 27.4 Å². The second kappa shape index (κ2) is 6.27. The Balaban J connectivity index is 2.42. The van der Waals surface area contributed by atoms with E-state index in [9.17, 15) is 31.7 Å². The molecule has 2 rings (SSSR count). The summed E-state index contributed by atoms with van der Waals surface area (Å²) in [5.74, 6) is -0.372. The number of rotatable bonds is 4. The van der Waals surface area contributed by atoms with E-state index in [0.29, 0.717) is 25.0 Å². The Morgan fingerprint density at radius 3 is 2.54 bits per heavy atom. The lowest BCUT2D eigenvalue weighted by atomic mass is 10.1. The molecular formula is C13H12F3N3O4S. The average Bonchev–Trinajstić information content (AvgIpc) is 2.93. The van der Waals surface area contributed by atoms with Gasteiger partial charge in [0, 0.05) is 12.1 Å². The number of hydrogen-bond acceptors (Lipinski definition) is 6. The van der Waals surface area contributed by atoms with E-state index >= 15 is 0 Å². The zero-order valence-corrected chi connectivity index (χ0v) is 12.9. The molecule has 0 radical (unpaired) electrons. The van der Waals surface area contributed by atoms with Crippen molar-refractivity contribution < 1.29 is 26.5 Å². The fraction of sp³-hybridized carbons (Fsp3) is 0.462. The van der Waals surface area contributed by atoms with E-state index < -0.39 is 30.9 Å². The molecule has 1 aromatic carbocycles. The molecule has 0 bridgehead atoms. The monoisotopic (exact) mass is 363 g/mol. The van der Waals surface area contributed by atoms with Crippen molar-refractivity contribution in [2.45, 2.75) is 35.7 Å². The lowest BCUT2D eigenvalue weighted by Crippen LogP contribution is -2.25. The van der Waals surface area contributed by atoms with Crippen molar-refractivity contribution >= 4 is 21.2 Å². The van der Waals surface area contributed by atoms with Crippen molar-refractivity contribution in [2.24, 2.45) is 5.92 Å². The predicted molar refractivity (Wildman–Crippen MR) is 76.7 cm³/mol. The lowest BCUT2D eigenvalue weighted by molar-refractivity contribution is -0.384. The molecule has 0 spiro atoms. The molecule has 2 atom stereocenters. The Kier molecular flexibility index (Phi) is 4.70. The SMILES string of the molecule is N#C[C@@H]1CCC[C@H]1Nc1ccc(S(=O)(=O)C(F)(F)F)cc1[N+](=O)[O-]. The summed E-state index contributed by atoms with van der Waals surface area (Å²) in [7, 11) is -5.68. The molecule has 0 aliphatic heterocycles. The summed E-state index contributed by atoms with van der Waals surface area (Å²) in [5, 5.41) is 22.9. The zero-order valence-electron chi connectivity index (χ0n) is 12.1.